The highest BCUT2D eigenvalue weighted by Crippen LogP contribution is 2.33. The number of tetrazole rings is 1. The molecule has 1 aliphatic rings. The summed E-state index contributed by atoms with van der Waals surface area (Å²) < 4.78 is 0. The number of hydrogen-bond donors (Lipinski definition) is 1. The minimum absolute atomic E-state index is 0.0948. The fourth-order valence-corrected chi connectivity index (χ4v) is 2.30. The average Bonchev–Trinajstić information content (AvgIpc) is 2.60. The molecule has 1 aliphatic carbocycles. The number of hydrogen-bond acceptors (Lipinski definition) is 4. The van der Waals surface area contributed by atoms with E-state index in [1.165, 1.54) is 11.2 Å². The lowest BCUT2D eigenvalue weighted by Gasteiger charge is -2.21. The molecule has 1 aromatic rings. The standard InChI is InChI=1S/C9H17N5/c1-7-3-4-9(10,5-7)6-8-11-13-14(2)12-8/h7H,3-6,10H2,1-2H3. The highest BCUT2D eigenvalue weighted by atomic mass is 15.6. The highest BCUT2D eigenvalue weighted by molar-refractivity contribution is 4.99. The van der Waals surface area contributed by atoms with E-state index in [0.717, 1.165) is 31.0 Å². The van der Waals surface area contributed by atoms with Gasteiger partial charge in [0.2, 0.25) is 0 Å². The van der Waals surface area contributed by atoms with Crippen molar-refractivity contribution in [3.8, 4) is 0 Å². The van der Waals surface area contributed by atoms with Crippen molar-refractivity contribution < 1.29 is 0 Å². The van der Waals surface area contributed by atoms with Gasteiger partial charge in [-0.15, -0.1) is 10.2 Å². The van der Waals surface area contributed by atoms with Gasteiger partial charge >= 0.3 is 0 Å². The average molecular weight is 195 g/mol. The van der Waals surface area contributed by atoms with Crippen LogP contribution >= 0.6 is 0 Å². The van der Waals surface area contributed by atoms with E-state index in [9.17, 15) is 0 Å². The van der Waals surface area contributed by atoms with Gasteiger partial charge in [-0.25, -0.2) is 0 Å². The van der Waals surface area contributed by atoms with Crippen LogP contribution in [0.2, 0.25) is 0 Å². The Bertz CT molecular complexity index is 321. The van der Waals surface area contributed by atoms with Crippen LogP contribution in [-0.2, 0) is 13.5 Å². The van der Waals surface area contributed by atoms with Gasteiger partial charge < -0.3 is 5.73 Å². The number of nitrogens with two attached hydrogens (primary N) is 1. The maximum Gasteiger partial charge on any atom is 0.176 e. The van der Waals surface area contributed by atoms with Crippen LogP contribution in [0.4, 0.5) is 0 Å². The van der Waals surface area contributed by atoms with E-state index in [-0.39, 0.29) is 5.54 Å². The van der Waals surface area contributed by atoms with Crippen LogP contribution < -0.4 is 5.73 Å². The zero-order chi connectivity index (χ0) is 10.2. The van der Waals surface area contributed by atoms with Crippen LogP contribution in [0.1, 0.15) is 32.0 Å². The molecule has 0 spiro atoms. The van der Waals surface area contributed by atoms with E-state index in [0.29, 0.717) is 0 Å². The van der Waals surface area contributed by atoms with Gasteiger partial charge in [0.1, 0.15) is 0 Å². The van der Waals surface area contributed by atoms with Gasteiger partial charge in [-0.1, -0.05) is 6.92 Å². The molecule has 1 saturated carbocycles. The Morgan fingerprint density at radius 3 is 2.93 bits per heavy atom. The Kier molecular flexibility index (Phi) is 2.26. The molecule has 2 unspecified atom stereocenters. The van der Waals surface area contributed by atoms with E-state index >= 15 is 0 Å². The largest absolute Gasteiger partial charge is 0.325 e. The molecule has 2 atom stereocenters. The summed E-state index contributed by atoms with van der Waals surface area (Å²) in [4.78, 5) is 1.48. The van der Waals surface area contributed by atoms with Crippen LogP contribution in [0.25, 0.3) is 0 Å². The molecule has 2 N–H and O–H groups in total. The molecular formula is C9H17N5. The Morgan fingerprint density at radius 1 is 1.64 bits per heavy atom. The van der Waals surface area contributed by atoms with Gasteiger partial charge in [-0.3, -0.25) is 0 Å². The molecule has 0 amide bonds. The smallest absolute Gasteiger partial charge is 0.176 e. The second-order valence-electron chi connectivity index (χ2n) is 4.58. The number of rotatable bonds is 2. The van der Waals surface area contributed by atoms with Crippen LogP contribution in [0.15, 0.2) is 0 Å². The highest BCUT2D eigenvalue weighted by Gasteiger charge is 2.34. The first-order valence-corrected chi connectivity index (χ1v) is 5.09. The van der Waals surface area contributed by atoms with Crippen LogP contribution in [-0.4, -0.2) is 25.7 Å². The van der Waals surface area contributed by atoms with Crippen LogP contribution in [0, 0.1) is 5.92 Å². The maximum atomic E-state index is 6.27. The second kappa shape index (κ2) is 3.31. The van der Waals surface area contributed by atoms with Gasteiger partial charge in [0.25, 0.3) is 0 Å². The number of nitrogens with zero attached hydrogens (tertiary/aromatic N) is 4. The summed E-state index contributed by atoms with van der Waals surface area (Å²) in [7, 11) is 1.77. The van der Waals surface area contributed by atoms with E-state index in [2.05, 4.69) is 22.3 Å². The molecule has 0 aromatic carbocycles. The molecule has 5 heteroatoms. The summed E-state index contributed by atoms with van der Waals surface area (Å²) in [5.74, 6) is 1.50. The van der Waals surface area contributed by atoms with Gasteiger partial charge in [0, 0.05) is 12.0 Å². The molecular weight excluding hydrogens is 178 g/mol. The molecule has 1 aromatic heterocycles. The summed E-state index contributed by atoms with van der Waals surface area (Å²) in [6, 6.07) is 0. The summed E-state index contributed by atoms with van der Waals surface area (Å²) in [5.41, 5.74) is 6.18. The van der Waals surface area contributed by atoms with E-state index in [4.69, 9.17) is 5.73 Å². The third kappa shape index (κ3) is 1.92. The first-order chi connectivity index (χ1) is 6.57. The van der Waals surface area contributed by atoms with Crippen molar-refractivity contribution in [2.75, 3.05) is 0 Å². The minimum Gasteiger partial charge on any atom is -0.325 e. The van der Waals surface area contributed by atoms with Crippen LogP contribution in [0.3, 0.4) is 0 Å². The van der Waals surface area contributed by atoms with Crippen molar-refractivity contribution in [1.29, 1.82) is 0 Å². The lowest BCUT2D eigenvalue weighted by atomic mass is 9.93. The summed E-state index contributed by atoms with van der Waals surface area (Å²) in [6.07, 6.45) is 4.12. The molecule has 1 heterocycles. The van der Waals surface area contributed by atoms with Crippen molar-refractivity contribution in [3.05, 3.63) is 5.82 Å². The van der Waals surface area contributed by atoms with Gasteiger partial charge in [-0.05, 0) is 30.4 Å². The number of aryl methyl sites for hydroxylation is 1. The molecule has 0 aliphatic heterocycles. The molecule has 0 saturated heterocycles. The fourth-order valence-electron chi connectivity index (χ4n) is 2.30. The first-order valence-electron chi connectivity index (χ1n) is 5.09. The lowest BCUT2D eigenvalue weighted by Crippen LogP contribution is -2.39. The van der Waals surface area contributed by atoms with Crippen molar-refractivity contribution >= 4 is 0 Å². The molecule has 1 fully saturated rings. The predicted molar refractivity (Wildman–Crippen MR) is 52.4 cm³/mol. The quantitative estimate of drug-likeness (QED) is 0.735. The minimum atomic E-state index is -0.0948. The molecule has 0 radical (unpaired) electrons. The van der Waals surface area contributed by atoms with Crippen molar-refractivity contribution in [1.82, 2.24) is 20.2 Å². The Morgan fingerprint density at radius 2 is 2.43 bits per heavy atom. The zero-order valence-corrected chi connectivity index (χ0v) is 8.77. The third-order valence-electron chi connectivity index (χ3n) is 2.95. The van der Waals surface area contributed by atoms with E-state index in [1.807, 2.05) is 0 Å². The zero-order valence-electron chi connectivity index (χ0n) is 8.77. The fraction of sp³-hybridized carbons (Fsp3) is 0.889. The second-order valence-corrected chi connectivity index (χ2v) is 4.58. The normalized spacial score (nSPS) is 32.4. The molecule has 2 rings (SSSR count). The summed E-state index contributed by atoms with van der Waals surface area (Å²) in [5, 5.41) is 11.9. The van der Waals surface area contributed by atoms with Crippen molar-refractivity contribution in [2.24, 2.45) is 18.7 Å². The topological polar surface area (TPSA) is 69.6 Å². The number of aromatic nitrogens is 4. The Balaban J connectivity index is 2.03. The Hall–Kier alpha value is -0.970. The van der Waals surface area contributed by atoms with Gasteiger partial charge in [-0.2, -0.15) is 4.80 Å². The SMILES string of the molecule is CC1CCC(N)(Cc2nnn(C)n2)C1. The molecule has 0 bridgehead atoms. The molecule has 5 nitrogen and oxygen atoms in total. The third-order valence-corrected chi connectivity index (χ3v) is 2.95. The predicted octanol–water partition coefficient (Wildman–Crippen LogP) is 0.270. The lowest BCUT2D eigenvalue weighted by molar-refractivity contribution is 0.410. The molecule has 78 valence electrons. The summed E-state index contributed by atoms with van der Waals surface area (Å²) >= 11 is 0. The molecule has 14 heavy (non-hydrogen) atoms. The van der Waals surface area contributed by atoms with Gasteiger partial charge in [0.15, 0.2) is 5.82 Å². The van der Waals surface area contributed by atoms with Crippen molar-refractivity contribution in [3.63, 3.8) is 0 Å². The maximum absolute atomic E-state index is 6.27. The van der Waals surface area contributed by atoms with Crippen LogP contribution in [0.5, 0.6) is 0 Å². The van der Waals surface area contributed by atoms with E-state index < -0.39 is 0 Å². The monoisotopic (exact) mass is 195 g/mol. The Labute approximate surface area is 83.7 Å². The first kappa shape index (κ1) is 9.58. The van der Waals surface area contributed by atoms with E-state index in [1.54, 1.807) is 7.05 Å². The summed E-state index contributed by atoms with van der Waals surface area (Å²) in [6.45, 7) is 2.25. The van der Waals surface area contributed by atoms with Crippen molar-refractivity contribution in [2.45, 2.75) is 38.1 Å². The van der Waals surface area contributed by atoms with Gasteiger partial charge in [0.05, 0.1) is 7.05 Å².